The van der Waals surface area contributed by atoms with E-state index in [0.717, 1.165) is 21.9 Å². The molecule has 2 aromatic heterocycles. The van der Waals surface area contributed by atoms with E-state index in [0.29, 0.717) is 27.7 Å². The van der Waals surface area contributed by atoms with Crippen molar-refractivity contribution in [2.75, 3.05) is 5.32 Å². The van der Waals surface area contributed by atoms with Crippen molar-refractivity contribution >= 4 is 54.5 Å². The molecule has 2 N–H and O–H groups in total. The summed E-state index contributed by atoms with van der Waals surface area (Å²) in [6.45, 7) is 3.80. The number of nitrogens with one attached hydrogen (secondary N) is 2. The number of pyridine rings is 2. The Morgan fingerprint density at radius 2 is 1.78 bits per heavy atom. The molecular formula is C27H22ClFN4O2S. The maximum absolute atomic E-state index is 14.0. The van der Waals surface area contributed by atoms with Crippen LogP contribution in [0.2, 0.25) is 5.15 Å². The number of hydrogen-bond acceptors (Lipinski definition) is 5. The zero-order valence-corrected chi connectivity index (χ0v) is 21.1. The second kappa shape index (κ2) is 9.46. The number of hydrogen-bond donors (Lipinski definition) is 2. The number of fused-ring (bicyclic) bond motifs is 3. The van der Waals surface area contributed by atoms with Gasteiger partial charge in [0, 0.05) is 47.3 Å². The number of benzene rings is 3. The Labute approximate surface area is 213 Å². The molecule has 0 aliphatic carbocycles. The topological polar surface area (TPSA) is 84.0 Å². The van der Waals surface area contributed by atoms with E-state index in [1.165, 1.54) is 12.1 Å². The van der Waals surface area contributed by atoms with Gasteiger partial charge in [-0.1, -0.05) is 29.8 Å². The third-order valence-electron chi connectivity index (χ3n) is 6.05. The minimum atomic E-state index is -3.80. The summed E-state index contributed by atoms with van der Waals surface area (Å²) in [5, 5.41) is 6.43. The summed E-state index contributed by atoms with van der Waals surface area (Å²) in [6, 6.07) is 15.2. The molecule has 0 saturated heterocycles. The number of halogens is 2. The Hall–Kier alpha value is -3.59. The summed E-state index contributed by atoms with van der Waals surface area (Å²) >= 11 is 6.43. The van der Waals surface area contributed by atoms with Crippen molar-refractivity contribution in [3.05, 3.63) is 101 Å². The Kier molecular flexibility index (Phi) is 6.34. The highest BCUT2D eigenvalue weighted by Crippen LogP contribution is 2.38. The van der Waals surface area contributed by atoms with Crippen LogP contribution in [0.25, 0.3) is 21.5 Å². The standard InChI is InChI=1S/C27H22ClFN4O2S/c1-16-10-17(2)25(36(34,35)32-15-18-4-3-8-30-14-18)13-23(16)33-24-11-19-5-6-20(29)12-22(19)26-21(24)7-9-31-27(26)28/h3-14,32-33H,15H2,1-2H3. The van der Waals surface area contributed by atoms with Gasteiger partial charge in [-0.2, -0.15) is 0 Å². The summed E-state index contributed by atoms with van der Waals surface area (Å²) in [6.07, 6.45) is 4.84. The number of nitrogens with zero attached hydrogens (tertiary/aromatic N) is 2. The molecule has 5 rings (SSSR count). The van der Waals surface area contributed by atoms with Crippen LogP contribution in [0.4, 0.5) is 15.8 Å². The zero-order valence-electron chi connectivity index (χ0n) is 19.5. The van der Waals surface area contributed by atoms with Gasteiger partial charge in [0.15, 0.2) is 0 Å². The van der Waals surface area contributed by atoms with Crippen LogP contribution >= 0.6 is 11.6 Å². The van der Waals surface area contributed by atoms with Gasteiger partial charge in [0.2, 0.25) is 10.0 Å². The molecule has 6 nitrogen and oxygen atoms in total. The molecule has 0 spiro atoms. The van der Waals surface area contributed by atoms with E-state index in [1.54, 1.807) is 55.8 Å². The third-order valence-corrected chi connectivity index (χ3v) is 7.88. The molecule has 0 aliphatic heterocycles. The molecule has 3 aromatic carbocycles. The second-order valence-corrected chi connectivity index (χ2v) is 10.7. The molecule has 9 heteroatoms. The van der Waals surface area contributed by atoms with E-state index in [1.807, 2.05) is 19.1 Å². The molecule has 0 unspecified atom stereocenters. The minimum absolute atomic E-state index is 0.129. The number of anilines is 2. The second-order valence-electron chi connectivity index (χ2n) is 8.56. The van der Waals surface area contributed by atoms with E-state index >= 15 is 0 Å². The largest absolute Gasteiger partial charge is 0.355 e. The van der Waals surface area contributed by atoms with Gasteiger partial charge in [0.1, 0.15) is 11.0 Å². The molecule has 0 amide bonds. The lowest BCUT2D eigenvalue weighted by Gasteiger charge is -2.17. The van der Waals surface area contributed by atoms with Crippen LogP contribution in [-0.2, 0) is 16.6 Å². The first kappa shape index (κ1) is 24.1. The summed E-state index contributed by atoms with van der Waals surface area (Å²) in [5.41, 5.74) is 3.58. The molecule has 182 valence electrons. The monoisotopic (exact) mass is 520 g/mol. The van der Waals surface area contributed by atoms with Gasteiger partial charge in [0.25, 0.3) is 0 Å². The average Bonchev–Trinajstić information content (AvgIpc) is 2.85. The normalized spacial score (nSPS) is 11.8. The highest BCUT2D eigenvalue weighted by atomic mass is 35.5. The smallest absolute Gasteiger partial charge is 0.241 e. The van der Waals surface area contributed by atoms with Crippen molar-refractivity contribution in [1.82, 2.24) is 14.7 Å². The first-order chi connectivity index (χ1) is 17.2. The fourth-order valence-corrected chi connectivity index (χ4v) is 5.81. The van der Waals surface area contributed by atoms with Gasteiger partial charge in [0.05, 0.1) is 4.90 Å². The summed E-state index contributed by atoms with van der Waals surface area (Å²) < 4.78 is 43.0. The molecule has 2 heterocycles. The summed E-state index contributed by atoms with van der Waals surface area (Å²) in [5.74, 6) is -0.368. The van der Waals surface area contributed by atoms with Crippen molar-refractivity contribution < 1.29 is 12.8 Å². The van der Waals surface area contributed by atoms with Gasteiger partial charge in [-0.15, -0.1) is 0 Å². The first-order valence-electron chi connectivity index (χ1n) is 11.2. The van der Waals surface area contributed by atoms with Crippen LogP contribution in [0.3, 0.4) is 0 Å². The quantitative estimate of drug-likeness (QED) is 0.199. The van der Waals surface area contributed by atoms with E-state index < -0.39 is 10.0 Å². The molecule has 0 atom stereocenters. The lowest BCUT2D eigenvalue weighted by atomic mass is 10.0. The number of sulfonamides is 1. The molecule has 0 radical (unpaired) electrons. The van der Waals surface area contributed by atoms with Gasteiger partial charge in [-0.05, 0) is 77.7 Å². The van der Waals surface area contributed by atoms with E-state index in [-0.39, 0.29) is 22.4 Å². The SMILES string of the molecule is Cc1cc(C)c(S(=O)(=O)NCc2cccnc2)cc1Nc1cc2ccc(F)cc2c2c(Cl)nccc12. The molecule has 0 fully saturated rings. The van der Waals surface area contributed by atoms with Gasteiger partial charge in [-0.25, -0.2) is 22.5 Å². The summed E-state index contributed by atoms with van der Waals surface area (Å²) in [7, 11) is -3.80. The average molecular weight is 521 g/mol. The number of aromatic nitrogens is 2. The van der Waals surface area contributed by atoms with Crippen molar-refractivity contribution in [3.8, 4) is 0 Å². The zero-order chi connectivity index (χ0) is 25.4. The lowest BCUT2D eigenvalue weighted by molar-refractivity contribution is 0.580. The van der Waals surface area contributed by atoms with Crippen LogP contribution in [0.15, 0.2) is 78.1 Å². The van der Waals surface area contributed by atoms with Crippen molar-refractivity contribution in [3.63, 3.8) is 0 Å². The van der Waals surface area contributed by atoms with Crippen molar-refractivity contribution in [2.24, 2.45) is 0 Å². The maximum Gasteiger partial charge on any atom is 0.241 e. The Morgan fingerprint density at radius 1 is 0.944 bits per heavy atom. The fourth-order valence-electron chi connectivity index (χ4n) is 4.28. The molecule has 36 heavy (non-hydrogen) atoms. The van der Waals surface area contributed by atoms with Crippen molar-refractivity contribution in [2.45, 2.75) is 25.3 Å². The minimum Gasteiger partial charge on any atom is -0.355 e. The van der Waals surface area contributed by atoms with Crippen molar-refractivity contribution in [1.29, 1.82) is 0 Å². The lowest BCUT2D eigenvalue weighted by Crippen LogP contribution is -2.24. The predicted octanol–water partition coefficient (Wildman–Crippen LogP) is 6.41. The van der Waals surface area contributed by atoms with Gasteiger partial charge < -0.3 is 5.32 Å². The van der Waals surface area contributed by atoms with Crippen LogP contribution in [0.1, 0.15) is 16.7 Å². The Morgan fingerprint density at radius 3 is 2.56 bits per heavy atom. The van der Waals surface area contributed by atoms with Crippen LogP contribution in [0, 0.1) is 19.7 Å². The molecular weight excluding hydrogens is 499 g/mol. The highest BCUT2D eigenvalue weighted by molar-refractivity contribution is 7.89. The maximum atomic E-state index is 14.0. The van der Waals surface area contributed by atoms with Gasteiger partial charge >= 0.3 is 0 Å². The van der Waals surface area contributed by atoms with E-state index in [9.17, 15) is 12.8 Å². The number of aryl methyl sites for hydroxylation is 2. The van der Waals surface area contributed by atoms with E-state index in [4.69, 9.17) is 11.6 Å². The van der Waals surface area contributed by atoms with E-state index in [2.05, 4.69) is 20.0 Å². The highest BCUT2D eigenvalue weighted by Gasteiger charge is 2.20. The molecule has 0 saturated carbocycles. The number of rotatable bonds is 6. The Bertz CT molecular complexity index is 1730. The molecule has 0 bridgehead atoms. The molecule has 5 aromatic rings. The summed E-state index contributed by atoms with van der Waals surface area (Å²) in [4.78, 5) is 8.38. The van der Waals surface area contributed by atoms with Gasteiger partial charge in [-0.3, -0.25) is 4.98 Å². The fraction of sp³-hybridized carbons (Fsp3) is 0.111. The Balaban J connectivity index is 1.57. The first-order valence-corrected chi connectivity index (χ1v) is 13.0. The van der Waals surface area contributed by atoms with Crippen LogP contribution in [0.5, 0.6) is 0 Å². The van der Waals surface area contributed by atoms with Crippen LogP contribution < -0.4 is 10.0 Å². The van der Waals surface area contributed by atoms with Crippen LogP contribution in [-0.4, -0.2) is 18.4 Å². The third kappa shape index (κ3) is 4.63. The predicted molar refractivity (Wildman–Crippen MR) is 142 cm³/mol. The molecule has 0 aliphatic rings.